The molecule has 1 atom stereocenters. The molecule has 2 aromatic carbocycles. The summed E-state index contributed by atoms with van der Waals surface area (Å²) in [5.74, 6) is 1.39. The van der Waals surface area contributed by atoms with E-state index in [1.54, 1.807) is 7.11 Å². The highest BCUT2D eigenvalue weighted by Crippen LogP contribution is 2.28. The Morgan fingerprint density at radius 1 is 1.20 bits per heavy atom. The molecule has 0 aliphatic heterocycles. The van der Waals surface area contributed by atoms with Crippen LogP contribution in [0.5, 0.6) is 11.5 Å². The van der Waals surface area contributed by atoms with Gasteiger partial charge in [-0.05, 0) is 83.1 Å². The van der Waals surface area contributed by atoms with Crippen molar-refractivity contribution < 1.29 is 14.3 Å². The van der Waals surface area contributed by atoms with Crippen LogP contribution in [-0.2, 0) is 17.6 Å². The molecule has 0 aromatic heterocycles. The average molecular weight is 404 g/mol. The van der Waals surface area contributed by atoms with Gasteiger partial charge in [-0.3, -0.25) is 4.79 Å². The van der Waals surface area contributed by atoms with E-state index in [0.29, 0.717) is 0 Å². The predicted molar refractivity (Wildman–Crippen MR) is 101 cm³/mol. The van der Waals surface area contributed by atoms with Crippen molar-refractivity contribution in [1.29, 1.82) is 0 Å². The Hall–Kier alpha value is -2.01. The second-order valence-corrected chi connectivity index (χ2v) is 7.11. The van der Waals surface area contributed by atoms with Gasteiger partial charge in [-0.15, -0.1) is 0 Å². The maximum absolute atomic E-state index is 12.2. The largest absolute Gasteiger partial charge is 0.496 e. The summed E-state index contributed by atoms with van der Waals surface area (Å²) >= 11 is 3.47. The molecule has 0 bridgehead atoms. The minimum Gasteiger partial charge on any atom is -0.496 e. The zero-order chi connectivity index (χ0) is 17.8. The van der Waals surface area contributed by atoms with Crippen LogP contribution in [0.15, 0.2) is 40.9 Å². The predicted octanol–water partition coefficient (Wildman–Crippen LogP) is 4.20. The molecule has 1 aliphatic rings. The zero-order valence-electron chi connectivity index (χ0n) is 14.5. The first-order chi connectivity index (χ1) is 12.1. The van der Waals surface area contributed by atoms with E-state index in [2.05, 4.69) is 33.4 Å². The fraction of sp³-hybridized carbons (Fsp3) is 0.350. The van der Waals surface area contributed by atoms with Crippen LogP contribution in [-0.4, -0.2) is 19.6 Å². The molecule has 3 rings (SSSR count). The van der Waals surface area contributed by atoms with Crippen molar-refractivity contribution in [3.63, 3.8) is 0 Å². The minimum absolute atomic E-state index is 0.0143. The van der Waals surface area contributed by atoms with E-state index in [1.165, 1.54) is 17.5 Å². The van der Waals surface area contributed by atoms with Crippen LogP contribution < -0.4 is 14.8 Å². The van der Waals surface area contributed by atoms with Crippen LogP contribution >= 0.6 is 15.9 Å². The number of halogens is 1. The highest BCUT2D eigenvalue weighted by molar-refractivity contribution is 9.10. The van der Waals surface area contributed by atoms with Crippen LogP contribution in [0.3, 0.4) is 0 Å². The summed E-state index contributed by atoms with van der Waals surface area (Å²) in [4.78, 5) is 12.2. The maximum atomic E-state index is 12.2. The number of fused-ring (bicyclic) bond motifs is 1. The molecule has 5 heteroatoms. The van der Waals surface area contributed by atoms with Gasteiger partial charge in [0.2, 0.25) is 0 Å². The number of hydrogen-bond donors (Lipinski definition) is 1. The molecule has 2 aromatic rings. The number of hydrogen-bond acceptors (Lipinski definition) is 3. The first-order valence-corrected chi connectivity index (χ1v) is 9.23. The van der Waals surface area contributed by atoms with Crippen molar-refractivity contribution in [3.8, 4) is 11.5 Å². The lowest BCUT2D eigenvalue weighted by atomic mass is 10.1. The van der Waals surface area contributed by atoms with Gasteiger partial charge in [0.05, 0.1) is 17.6 Å². The topological polar surface area (TPSA) is 47.6 Å². The van der Waals surface area contributed by atoms with Gasteiger partial charge >= 0.3 is 0 Å². The van der Waals surface area contributed by atoms with Gasteiger partial charge in [-0.25, -0.2) is 0 Å². The Morgan fingerprint density at radius 2 is 2.00 bits per heavy atom. The van der Waals surface area contributed by atoms with Gasteiger partial charge in [0.25, 0.3) is 5.91 Å². The molecule has 132 valence electrons. The lowest BCUT2D eigenvalue weighted by molar-refractivity contribution is -0.123. The Balaban J connectivity index is 1.54. The second-order valence-electron chi connectivity index (χ2n) is 6.26. The van der Waals surface area contributed by atoms with Crippen molar-refractivity contribution in [1.82, 2.24) is 5.32 Å². The van der Waals surface area contributed by atoms with Crippen molar-refractivity contribution in [2.45, 2.75) is 32.2 Å². The molecule has 1 amide bonds. The van der Waals surface area contributed by atoms with Crippen molar-refractivity contribution >= 4 is 21.8 Å². The molecule has 0 radical (unpaired) electrons. The van der Waals surface area contributed by atoms with E-state index in [9.17, 15) is 4.79 Å². The summed E-state index contributed by atoms with van der Waals surface area (Å²) in [7, 11) is 1.63. The van der Waals surface area contributed by atoms with Gasteiger partial charge in [0.15, 0.2) is 6.61 Å². The molecule has 0 spiro atoms. The molecule has 4 nitrogen and oxygen atoms in total. The highest BCUT2D eigenvalue weighted by Gasteiger charge is 2.14. The summed E-state index contributed by atoms with van der Waals surface area (Å²) in [5.41, 5.74) is 3.74. The molecular formula is C20H22BrNO3. The van der Waals surface area contributed by atoms with E-state index < -0.39 is 0 Å². The number of aryl methyl sites for hydroxylation is 2. The minimum atomic E-state index is -0.139. The number of carbonyl (C=O) groups excluding carboxylic acids is 1. The standard InChI is InChI=1S/C20H22BrNO3/c1-13(15-7-9-19(24-2)18(21)11-15)22-20(23)12-25-17-8-6-14-4-3-5-16(14)10-17/h6-11,13H,3-5,12H2,1-2H3,(H,22,23)/t13-/m1/s1. The van der Waals surface area contributed by atoms with Gasteiger partial charge in [-0.1, -0.05) is 12.1 Å². The van der Waals surface area contributed by atoms with Crippen LogP contribution in [0.4, 0.5) is 0 Å². The number of rotatable bonds is 6. The average Bonchev–Trinajstić information content (AvgIpc) is 3.07. The molecule has 0 saturated carbocycles. The third-order valence-corrected chi connectivity index (χ3v) is 5.11. The number of nitrogens with one attached hydrogen (secondary N) is 1. The van der Waals surface area contributed by atoms with Gasteiger partial charge < -0.3 is 14.8 Å². The van der Waals surface area contributed by atoms with Gasteiger partial charge in [0.1, 0.15) is 11.5 Å². The number of ether oxygens (including phenoxy) is 2. The summed E-state index contributed by atoms with van der Waals surface area (Å²) in [6.07, 6.45) is 3.45. The number of benzene rings is 2. The number of amides is 1. The molecule has 0 unspecified atom stereocenters. The number of carbonyl (C=O) groups is 1. The monoisotopic (exact) mass is 403 g/mol. The normalized spacial score (nSPS) is 13.9. The van der Waals surface area contributed by atoms with Crippen LogP contribution in [0, 0.1) is 0 Å². The van der Waals surface area contributed by atoms with Gasteiger partial charge in [0, 0.05) is 0 Å². The third kappa shape index (κ3) is 4.34. The van der Waals surface area contributed by atoms with Crippen molar-refractivity contribution in [3.05, 3.63) is 57.6 Å². The molecule has 1 aliphatic carbocycles. The summed E-state index contributed by atoms with van der Waals surface area (Å²) in [6.45, 7) is 1.96. The van der Waals surface area contributed by atoms with E-state index in [0.717, 1.165) is 34.4 Å². The third-order valence-electron chi connectivity index (χ3n) is 4.49. The van der Waals surface area contributed by atoms with Crippen LogP contribution in [0.25, 0.3) is 0 Å². The Labute approximate surface area is 156 Å². The molecule has 25 heavy (non-hydrogen) atoms. The maximum Gasteiger partial charge on any atom is 0.258 e. The summed E-state index contributed by atoms with van der Waals surface area (Å²) in [6, 6.07) is 11.8. The summed E-state index contributed by atoms with van der Waals surface area (Å²) in [5, 5.41) is 2.96. The van der Waals surface area contributed by atoms with E-state index in [4.69, 9.17) is 9.47 Å². The summed E-state index contributed by atoms with van der Waals surface area (Å²) < 4.78 is 11.7. The van der Waals surface area contributed by atoms with E-state index >= 15 is 0 Å². The van der Waals surface area contributed by atoms with Crippen LogP contribution in [0.2, 0.25) is 0 Å². The first kappa shape index (κ1) is 17.8. The van der Waals surface area contributed by atoms with Gasteiger partial charge in [-0.2, -0.15) is 0 Å². The van der Waals surface area contributed by atoms with E-state index in [1.807, 2.05) is 31.2 Å². The lowest BCUT2D eigenvalue weighted by Crippen LogP contribution is -2.31. The van der Waals surface area contributed by atoms with Crippen molar-refractivity contribution in [2.24, 2.45) is 0 Å². The highest BCUT2D eigenvalue weighted by atomic mass is 79.9. The quantitative estimate of drug-likeness (QED) is 0.785. The lowest BCUT2D eigenvalue weighted by Gasteiger charge is -2.16. The second kappa shape index (κ2) is 7.91. The zero-order valence-corrected chi connectivity index (χ0v) is 16.1. The molecule has 1 N–H and O–H groups in total. The first-order valence-electron chi connectivity index (χ1n) is 8.44. The SMILES string of the molecule is COc1ccc([C@@H](C)NC(=O)COc2ccc3c(c2)CCC3)cc1Br. The molecular weight excluding hydrogens is 382 g/mol. The Bertz CT molecular complexity index is 776. The Kier molecular flexibility index (Phi) is 5.63. The smallest absolute Gasteiger partial charge is 0.258 e. The van der Waals surface area contributed by atoms with Crippen molar-refractivity contribution in [2.75, 3.05) is 13.7 Å². The Morgan fingerprint density at radius 3 is 2.76 bits per heavy atom. The fourth-order valence-corrected chi connectivity index (χ4v) is 3.66. The van der Waals surface area contributed by atoms with Crippen LogP contribution in [0.1, 0.15) is 36.1 Å². The fourth-order valence-electron chi connectivity index (χ4n) is 3.11. The van der Waals surface area contributed by atoms with E-state index in [-0.39, 0.29) is 18.6 Å². The molecule has 0 fully saturated rings. The molecule has 0 heterocycles. The number of methoxy groups -OCH3 is 1. The molecule has 0 saturated heterocycles.